The monoisotopic (exact) mass is 555 g/mol. The Morgan fingerprint density at radius 2 is 1.78 bits per heavy atom. The molecule has 36 heavy (non-hydrogen) atoms. The number of hydrogen-bond acceptors (Lipinski definition) is 7. The first kappa shape index (κ1) is 28.3. The van der Waals surface area contributed by atoms with E-state index >= 15 is 0 Å². The van der Waals surface area contributed by atoms with Crippen LogP contribution in [0.2, 0.25) is 0 Å². The van der Waals surface area contributed by atoms with Gasteiger partial charge in [0.05, 0.1) is 37.7 Å². The van der Waals surface area contributed by atoms with Gasteiger partial charge in [0.1, 0.15) is 16.3 Å². The highest BCUT2D eigenvalue weighted by molar-refractivity contribution is 7.99. The molecule has 0 atom stereocenters. The molecule has 2 N–H and O–H groups in total. The molecule has 3 aromatic rings. The number of ether oxygens (including phenoxy) is 2. The Balaban J connectivity index is 1.68. The molecule has 0 unspecified atom stereocenters. The van der Waals surface area contributed by atoms with Crippen molar-refractivity contribution in [2.24, 2.45) is 0 Å². The number of rotatable bonds is 11. The van der Waals surface area contributed by atoms with Crippen molar-refractivity contribution in [2.45, 2.75) is 48.8 Å². The van der Waals surface area contributed by atoms with Gasteiger partial charge in [-0.05, 0) is 32.0 Å². The number of aromatic nitrogens is 4. The minimum atomic E-state index is -4.69. The van der Waals surface area contributed by atoms with Crippen molar-refractivity contribution < 1.29 is 35.8 Å². The third-order valence-electron chi connectivity index (χ3n) is 4.40. The van der Waals surface area contributed by atoms with E-state index in [1.807, 2.05) is 38.1 Å². The van der Waals surface area contributed by atoms with E-state index in [4.69, 9.17) is 15.2 Å². The van der Waals surface area contributed by atoms with Crippen LogP contribution in [0.25, 0.3) is 11.2 Å². The normalized spacial score (nSPS) is 12.7. The second-order valence-electron chi connectivity index (χ2n) is 8.00. The Labute approximate surface area is 208 Å². The molecule has 0 aliphatic rings. The molecule has 15 heteroatoms. The summed E-state index contributed by atoms with van der Waals surface area (Å²) in [5.74, 6) is 0.674. The van der Waals surface area contributed by atoms with Crippen molar-refractivity contribution in [1.82, 2.24) is 19.5 Å². The Kier molecular flexibility index (Phi) is 9.28. The highest BCUT2D eigenvalue weighted by Crippen LogP contribution is 2.45. The molecule has 0 saturated carbocycles. The van der Waals surface area contributed by atoms with Gasteiger partial charge in [0, 0.05) is 11.4 Å². The van der Waals surface area contributed by atoms with Crippen LogP contribution in [0.3, 0.4) is 0 Å². The van der Waals surface area contributed by atoms with Gasteiger partial charge < -0.3 is 19.8 Å². The maximum absolute atomic E-state index is 12.6. The fourth-order valence-electron chi connectivity index (χ4n) is 3.17. The zero-order valence-electron chi connectivity index (χ0n) is 19.3. The Bertz CT molecular complexity index is 1140. The van der Waals surface area contributed by atoms with Crippen LogP contribution in [0.5, 0.6) is 5.75 Å². The number of fused-ring (bicyclic) bond motifs is 1. The van der Waals surface area contributed by atoms with Crippen LogP contribution in [-0.2, 0) is 11.3 Å². The number of benzene rings is 1. The molecule has 3 rings (SSSR count). The minimum absolute atomic E-state index is 0.00279. The predicted molar refractivity (Wildman–Crippen MR) is 126 cm³/mol. The van der Waals surface area contributed by atoms with Crippen LogP contribution in [0.15, 0.2) is 40.5 Å². The highest BCUT2D eigenvalue weighted by atomic mass is 32.2. The number of anilines is 1. The summed E-state index contributed by atoms with van der Waals surface area (Å²) in [7, 11) is -2.44. The topological polar surface area (TPSA) is 88.1 Å². The molecule has 0 spiro atoms. The third kappa shape index (κ3) is 8.97. The van der Waals surface area contributed by atoms with E-state index in [2.05, 4.69) is 15.0 Å². The van der Waals surface area contributed by atoms with E-state index in [0.717, 1.165) is 4.90 Å². The quantitative estimate of drug-likeness (QED) is 0.136. The number of nitrogens with two attached hydrogens (primary N) is 1. The van der Waals surface area contributed by atoms with Crippen LogP contribution >= 0.6 is 19.7 Å². The van der Waals surface area contributed by atoms with E-state index in [1.54, 1.807) is 4.57 Å². The summed E-state index contributed by atoms with van der Waals surface area (Å²) in [5.41, 5.74) is 6.69. The summed E-state index contributed by atoms with van der Waals surface area (Å²) >= 11 is 1.30. The first-order chi connectivity index (χ1) is 16.8. The van der Waals surface area contributed by atoms with Gasteiger partial charge >= 0.3 is 12.4 Å². The van der Waals surface area contributed by atoms with Gasteiger partial charge in [0.2, 0.25) is 5.95 Å². The number of halogens is 6. The van der Waals surface area contributed by atoms with E-state index in [-0.39, 0.29) is 25.2 Å². The zero-order chi connectivity index (χ0) is 26.5. The summed E-state index contributed by atoms with van der Waals surface area (Å²) in [6.45, 7) is 3.81. The lowest BCUT2D eigenvalue weighted by Crippen LogP contribution is -2.22. The molecule has 2 heterocycles. The lowest BCUT2D eigenvalue weighted by molar-refractivity contribution is -0.112. The van der Waals surface area contributed by atoms with Crippen LogP contribution in [-0.4, -0.2) is 63.3 Å². The fourth-order valence-corrected chi connectivity index (χ4v) is 5.80. The largest absolute Gasteiger partial charge is 0.491 e. The highest BCUT2D eigenvalue weighted by Gasteiger charge is 2.38. The van der Waals surface area contributed by atoms with Crippen molar-refractivity contribution in [2.75, 3.05) is 31.0 Å². The number of imidazole rings is 1. The Morgan fingerprint density at radius 1 is 1.08 bits per heavy atom. The van der Waals surface area contributed by atoms with Crippen LogP contribution < -0.4 is 10.5 Å². The van der Waals surface area contributed by atoms with Crippen molar-refractivity contribution in [3.63, 3.8) is 0 Å². The molecule has 0 fully saturated rings. The summed E-state index contributed by atoms with van der Waals surface area (Å²) < 4.78 is 88.3. The molecule has 0 aliphatic carbocycles. The molecule has 7 nitrogen and oxygen atoms in total. The van der Waals surface area contributed by atoms with Gasteiger partial charge in [-0.15, -0.1) is 0 Å². The van der Waals surface area contributed by atoms with E-state index in [0.29, 0.717) is 21.9 Å². The van der Waals surface area contributed by atoms with Gasteiger partial charge in [-0.25, -0.2) is 9.97 Å². The molecule has 2 aromatic heterocycles. The molecule has 0 saturated heterocycles. The first-order valence-electron chi connectivity index (χ1n) is 10.7. The molecule has 1 aromatic carbocycles. The van der Waals surface area contributed by atoms with Crippen molar-refractivity contribution in [3.05, 3.63) is 30.6 Å². The lowest BCUT2D eigenvalue weighted by Gasteiger charge is -2.20. The number of alkyl halides is 6. The van der Waals surface area contributed by atoms with E-state index in [1.165, 1.54) is 18.1 Å². The summed E-state index contributed by atoms with van der Waals surface area (Å²) in [6, 6.07) is 7.38. The minimum Gasteiger partial charge on any atom is -0.491 e. The molecule has 0 aliphatic heterocycles. The van der Waals surface area contributed by atoms with Crippen LogP contribution in [0.1, 0.15) is 13.8 Å². The predicted octanol–water partition coefficient (Wildman–Crippen LogP) is 5.93. The van der Waals surface area contributed by atoms with Crippen LogP contribution in [0, 0.1) is 0 Å². The second-order valence-corrected chi connectivity index (χ2v) is 11.3. The number of nitrogen functional groups attached to an aromatic ring is 1. The fraction of sp³-hybridized carbons (Fsp3) is 0.476. The van der Waals surface area contributed by atoms with Crippen molar-refractivity contribution in [3.8, 4) is 5.75 Å². The molecule has 0 bridgehead atoms. The zero-order valence-corrected chi connectivity index (χ0v) is 21.0. The second kappa shape index (κ2) is 11.8. The average molecular weight is 555 g/mol. The van der Waals surface area contributed by atoms with E-state index in [9.17, 15) is 26.3 Å². The summed E-state index contributed by atoms with van der Waals surface area (Å²) in [5, 5.41) is 0.484. The summed E-state index contributed by atoms with van der Waals surface area (Å²) in [4.78, 5) is 13.6. The van der Waals surface area contributed by atoms with Gasteiger partial charge in [0.25, 0.3) is 0 Å². The third-order valence-corrected chi connectivity index (χ3v) is 7.52. The Morgan fingerprint density at radius 3 is 2.42 bits per heavy atom. The van der Waals surface area contributed by atoms with Gasteiger partial charge in [-0.2, -0.15) is 31.3 Å². The van der Waals surface area contributed by atoms with Gasteiger partial charge in [0.15, 0.2) is 5.65 Å². The maximum Gasteiger partial charge on any atom is 0.392 e. The summed E-state index contributed by atoms with van der Waals surface area (Å²) in [6.07, 6.45) is -11.6. The first-order valence-corrected chi connectivity index (χ1v) is 13.4. The molecule has 0 radical (unpaired) electrons. The maximum atomic E-state index is 12.6. The Hall–Kier alpha value is -2.31. The SMILES string of the molecule is CC(C)Oc1cccc(Sc2nc(N)nc3c2ncn3CCOCP(CC(F)(F)F)CC(F)(F)F)c1. The van der Waals surface area contributed by atoms with Crippen LogP contribution in [0.4, 0.5) is 32.3 Å². The average Bonchev–Trinajstić information content (AvgIpc) is 3.11. The van der Waals surface area contributed by atoms with Crippen molar-refractivity contribution >= 4 is 36.8 Å². The molecule has 0 amide bonds. The standard InChI is InChI=1S/C21H24F6N5O2PS/c1-13(2)34-14-4-3-5-15(8-14)36-18-16-17(30-19(28)31-18)32(11-29-16)6-7-33-12-35(9-20(22,23)24)10-21(25,26)27/h3-5,8,11,13H,6-7,9-10,12H2,1-2H3,(H2,28,30,31). The lowest BCUT2D eigenvalue weighted by atomic mass is 10.3. The van der Waals surface area contributed by atoms with E-state index < -0.39 is 38.9 Å². The number of nitrogens with zero attached hydrogens (tertiary/aromatic N) is 4. The molecule has 198 valence electrons. The molecular formula is C21H24F6N5O2PS. The van der Waals surface area contributed by atoms with Gasteiger partial charge in [-0.1, -0.05) is 25.7 Å². The smallest absolute Gasteiger partial charge is 0.392 e. The van der Waals surface area contributed by atoms with Gasteiger partial charge in [-0.3, -0.25) is 0 Å². The van der Waals surface area contributed by atoms with Crippen molar-refractivity contribution in [1.29, 1.82) is 0 Å². The molecular weight excluding hydrogens is 531 g/mol. The number of hydrogen-bond donors (Lipinski definition) is 1.